The predicted molar refractivity (Wildman–Crippen MR) is 161 cm³/mol. The number of ether oxygens (including phenoxy) is 5. The van der Waals surface area contributed by atoms with Gasteiger partial charge in [-0.05, 0) is 37.0 Å². The Labute approximate surface area is 263 Å². The van der Waals surface area contributed by atoms with E-state index in [2.05, 4.69) is 0 Å². The number of Topliss-reactive ketones (excluding diaryl/α,β-unsaturated/α-hetero) is 1. The van der Waals surface area contributed by atoms with E-state index >= 15 is 0 Å². The number of fused-ring (bicyclic) bond motifs is 2. The average Bonchev–Trinajstić information content (AvgIpc) is 3.63. The van der Waals surface area contributed by atoms with Gasteiger partial charge in [0.2, 0.25) is 0 Å². The Morgan fingerprint density at radius 1 is 0.911 bits per heavy atom. The largest absolute Gasteiger partial charge is 0.462 e. The summed E-state index contributed by atoms with van der Waals surface area (Å²) < 4.78 is 30.4. The first-order valence-corrected chi connectivity index (χ1v) is 15.4. The van der Waals surface area contributed by atoms with E-state index in [-0.39, 0.29) is 18.8 Å². The van der Waals surface area contributed by atoms with Crippen LogP contribution < -0.4 is 0 Å². The molecule has 1 heterocycles. The van der Waals surface area contributed by atoms with Gasteiger partial charge >= 0.3 is 23.9 Å². The van der Waals surface area contributed by atoms with Crippen molar-refractivity contribution < 1.29 is 47.7 Å². The fraction of sp³-hybridized carbons (Fsp3) is 0.571. The van der Waals surface area contributed by atoms with Gasteiger partial charge in [0.25, 0.3) is 0 Å². The second-order valence-corrected chi connectivity index (χ2v) is 13.6. The Morgan fingerprint density at radius 2 is 1.53 bits per heavy atom. The molecule has 0 amide bonds. The Morgan fingerprint density at radius 3 is 2.16 bits per heavy atom. The standard InChI is InChI=1S/C35H42O10/c1-20(36)42-29-25-18-26(39)34(7)35(45-34,32(25,4)5)31(44-22(3)38)30(43-21(2)37)33(6)17-11-14-24(28(29)33)19-41-27(40)16-15-23-12-9-8-10-13-23/h8-10,12-16,25,28-31H,11,17-19H2,1-7H3. The maximum Gasteiger partial charge on any atom is 0.331 e. The summed E-state index contributed by atoms with van der Waals surface area (Å²) in [6.45, 7) is 11.2. The molecule has 1 aliphatic heterocycles. The lowest BCUT2D eigenvalue weighted by Crippen LogP contribution is -2.71. The highest BCUT2D eigenvalue weighted by atomic mass is 16.7. The van der Waals surface area contributed by atoms with Gasteiger partial charge in [0.15, 0.2) is 23.1 Å². The normalized spacial score (nSPS) is 36.3. The van der Waals surface area contributed by atoms with E-state index in [1.807, 2.05) is 57.2 Å². The number of hydrogen-bond acceptors (Lipinski definition) is 10. The smallest absolute Gasteiger partial charge is 0.331 e. The molecule has 45 heavy (non-hydrogen) atoms. The summed E-state index contributed by atoms with van der Waals surface area (Å²) in [7, 11) is 0. The van der Waals surface area contributed by atoms with Crippen molar-refractivity contribution in [3.63, 3.8) is 0 Å². The van der Waals surface area contributed by atoms with Crippen LogP contribution in [0, 0.1) is 22.7 Å². The Balaban J connectivity index is 1.62. The molecule has 0 radical (unpaired) electrons. The number of ketones is 1. The maximum absolute atomic E-state index is 13.8. The number of rotatable bonds is 7. The average molecular weight is 623 g/mol. The van der Waals surface area contributed by atoms with Gasteiger partial charge in [0, 0.05) is 55.9 Å². The molecule has 1 spiro atoms. The molecule has 8 atom stereocenters. The lowest BCUT2D eigenvalue weighted by atomic mass is 9.46. The third-order valence-electron chi connectivity index (χ3n) is 10.6. The zero-order valence-electron chi connectivity index (χ0n) is 26.9. The van der Waals surface area contributed by atoms with Gasteiger partial charge in [-0.2, -0.15) is 0 Å². The van der Waals surface area contributed by atoms with Gasteiger partial charge < -0.3 is 23.7 Å². The minimum atomic E-state index is -1.35. The number of esters is 4. The minimum Gasteiger partial charge on any atom is -0.462 e. The van der Waals surface area contributed by atoms with Crippen LogP contribution in [0.1, 0.15) is 73.3 Å². The number of allylic oxidation sites excluding steroid dienone is 1. The monoisotopic (exact) mass is 622 g/mol. The van der Waals surface area contributed by atoms with Crippen LogP contribution >= 0.6 is 0 Å². The SMILES string of the molecule is CC(=O)OC1C2C(COC(=O)C=Cc3ccccc3)=CCCC2(C)C(OC(C)=O)C(OC(C)=O)C23OC2(C)C(=O)CC1C3(C)C. The highest BCUT2D eigenvalue weighted by Crippen LogP contribution is 2.72. The number of carbonyl (C=O) groups excluding carboxylic acids is 5. The molecule has 2 bridgehead atoms. The molecule has 10 nitrogen and oxygen atoms in total. The molecule has 1 aromatic rings. The summed E-state index contributed by atoms with van der Waals surface area (Å²) in [5.41, 5.74) is -3.05. The maximum atomic E-state index is 13.8. The van der Waals surface area contributed by atoms with Crippen LogP contribution in [0.5, 0.6) is 0 Å². The summed E-state index contributed by atoms with van der Waals surface area (Å²) in [4.78, 5) is 64.9. The van der Waals surface area contributed by atoms with E-state index in [0.717, 1.165) is 5.56 Å². The molecule has 1 aromatic carbocycles. The summed E-state index contributed by atoms with van der Waals surface area (Å²) >= 11 is 0. The highest BCUT2D eigenvalue weighted by molar-refractivity contribution is 5.94. The molecule has 242 valence electrons. The lowest BCUT2D eigenvalue weighted by Gasteiger charge is -2.59. The van der Waals surface area contributed by atoms with E-state index in [1.54, 1.807) is 13.0 Å². The van der Waals surface area contributed by atoms with Crippen molar-refractivity contribution in [1.29, 1.82) is 0 Å². The van der Waals surface area contributed by atoms with Crippen LogP contribution in [0.3, 0.4) is 0 Å². The first-order chi connectivity index (χ1) is 21.1. The molecule has 4 aliphatic rings. The quantitative estimate of drug-likeness (QED) is 0.140. The van der Waals surface area contributed by atoms with Crippen LogP contribution in [0.15, 0.2) is 48.1 Å². The third-order valence-corrected chi connectivity index (χ3v) is 10.6. The van der Waals surface area contributed by atoms with Crippen molar-refractivity contribution >= 4 is 35.7 Å². The van der Waals surface area contributed by atoms with Crippen molar-refractivity contribution in [3.05, 3.63) is 53.6 Å². The van der Waals surface area contributed by atoms with Crippen LogP contribution in [-0.4, -0.2) is 65.8 Å². The van der Waals surface area contributed by atoms with Crippen molar-refractivity contribution in [2.45, 2.75) is 97.2 Å². The fourth-order valence-corrected chi connectivity index (χ4v) is 8.55. The van der Waals surface area contributed by atoms with Gasteiger partial charge in [0.1, 0.15) is 18.8 Å². The Kier molecular flexibility index (Phi) is 8.36. The Bertz CT molecular complexity index is 1460. The summed E-state index contributed by atoms with van der Waals surface area (Å²) in [5.74, 6) is -3.78. The molecule has 0 aromatic heterocycles. The van der Waals surface area contributed by atoms with E-state index in [9.17, 15) is 24.0 Å². The molecule has 1 saturated heterocycles. The second-order valence-electron chi connectivity index (χ2n) is 13.6. The number of benzene rings is 1. The van der Waals surface area contributed by atoms with E-state index < -0.39 is 76.1 Å². The van der Waals surface area contributed by atoms with Gasteiger partial charge in [-0.1, -0.05) is 57.2 Å². The van der Waals surface area contributed by atoms with Crippen LogP contribution in [0.4, 0.5) is 0 Å². The van der Waals surface area contributed by atoms with Crippen LogP contribution in [-0.2, 0) is 47.7 Å². The van der Waals surface area contributed by atoms with Gasteiger partial charge in [-0.15, -0.1) is 0 Å². The second kappa shape index (κ2) is 11.5. The van der Waals surface area contributed by atoms with Crippen molar-refractivity contribution in [1.82, 2.24) is 0 Å². The first kappa shape index (κ1) is 32.6. The van der Waals surface area contributed by atoms with Gasteiger partial charge in [0.05, 0.1) is 0 Å². The number of carbonyl (C=O) groups is 5. The first-order valence-electron chi connectivity index (χ1n) is 15.4. The van der Waals surface area contributed by atoms with Crippen molar-refractivity contribution in [3.8, 4) is 0 Å². The van der Waals surface area contributed by atoms with Crippen molar-refractivity contribution in [2.75, 3.05) is 6.61 Å². The Hall–Kier alpha value is -3.79. The van der Waals surface area contributed by atoms with Gasteiger partial charge in [-0.3, -0.25) is 19.2 Å². The van der Waals surface area contributed by atoms with Crippen LogP contribution in [0.25, 0.3) is 6.08 Å². The molecular formula is C35H42O10. The third kappa shape index (κ3) is 5.30. The van der Waals surface area contributed by atoms with Gasteiger partial charge in [-0.25, -0.2) is 4.79 Å². The molecule has 3 fully saturated rings. The zero-order valence-corrected chi connectivity index (χ0v) is 26.9. The summed E-state index contributed by atoms with van der Waals surface area (Å²) in [6, 6.07) is 9.33. The van der Waals surface area contributed by atoms with Crippen LogP contribution in [0.2, 0.25) is 0 Å². The summed E-state index contributed by atoms with van der Waals surface area (Å²) in [6.07, 6.45) is 2.87. The lowest BCUT2D eigenvalue weighted by molar-refractivity contribution is -0.226. The zero-order chi connectivity index (χ0) is 32.9. The topological polar surface area (TPSA) is 135 Å². The molecule has 3 aliphatic carbocycles. The molecule has 5 rings (SSSR count). The number of hydrogen-bond donors (Lipinski definition) is 0. The molecule has 8 unspecified atom stereocenters. The highest BCUT2D eigenvalue weighted by Gasteiger charge is 2.88. The minimum absolute atomic E-state index is 0.0493. The molecule has 0 N–H and O–H groups in total. The predicted octanol–water partition coefficient (Wildman–Crippen LogP) is 4.54. The molecule has 10 heteroatoms. The fourth-order valence-electron chi connectivity index (χ4n) is 8.55. The van der Waals surface area contributed by atoms with E-state index in [4.69, 9.17) is 23.7 Å². The molecular weight excluding hydrogens is 580 g/mol. The van der Waals surface area contributed by atoms with E-state index in [1.165, 1.54) is 26.8 Å². The molecule has 2 saturated carbocycles. The summed E-state index contributed by atoms with van der Waals surface area (Å²) in [5, 5.41) is 0. The van der Waals surface area contributed by atoms with Crippen molar-refractivity contribution in [2.24, 2.45) is 22.7 Å². The van der Waals surface area contributed by atoms with E-state index in [0.29, 0.717) is 18.4 Å². The number of epoxide rings is 1.